The van der Waals surface area contributed by atoms with Gasteiger partial charge in [-0.1, -0.05) is 0 Å². The molecule has 0 atom stereocenters. The molecule has 0 saturated heterocycles. The first-order valence-electron chi connectivity index (χ1n) is 4.63. The van der Waals surface area contributed by atoms with E-state index >= 15 is 0 Å². The number of ether oxygens (including phenoxy) is 2. The largest absolute Gasteiger partial charge is 0.507 e. The van der Waals surface area contributed by atoms with E-state index in [1.54, 1.807) is 0 Å². The molecular formula is C11H10O6. The molecule has 1 rings (SSSR count). The van der Waals surface area contributed by atoms with Crippen molar-refractivity contribution in [1.29, 1.82) is 0 Å². The van der Waals surface area contributed by atoms with E-state index in [9.17, 15) is 19.5 Å². The number of carbonyl (C=O) groups is 3. The predicted octanol–water partition coefficient (Wildman–Crippen LogP) is 1.06. The summed E-state index contributed by atoms with van der Waals surface area (Å²) < 4.78 is 9.49. The minimum atomic E-state index is -0.642. The quantitative estimate of drug-likeness (QED) is 0.481. The van der Waals surface area contributed by atoms with Crippen molar-refractivity contribution in [3.05, 3.63) is 17.7 Å². The van der Waals surface area contributed by atoms with Gasteiger partial charge in [0, 0.05) is 19.9 Å². The molecule has 0 fully saturated rings. The molecule has 0 spiro atoms. The van der Waals surface area contributed by atoms with E-state index in [4.69, 9.17) is 9.47 Å². The Hall–Kier alpha value is -2.37. The summed E-state index contributed by atoms with van der Waals surface area (Å²) in [6.07, 6.45) is 0.389. The topological polar surface area (TPSA) is 89.9 Å². The van der Waals surface area contributed by atoms with E-state index < -0.39 is 11.9 Å². The Morgan fingerprint density at radius 2 is 1.59 bits per heavy atom. The van der Waals surface area contributed by atoms with Gasteiger partial charge >= 0.3 is 11.9 Å². The molecule has 1 N–H and O–H groups in total. The lowest BCUT2D eigenvalue weighted by Gasteiger charge is -2.09. The number of hydrogen-bond donors (Lipinski definition) is 1. The molecule has 0 aromatic heterocycles. The molecule has 0 amide bonds. The van der Waals surface area contributed by atoms with Gasteiger partial charge in [-0.3, -0.25) is 14.4 Å². The van der Waals surface area contributed by atoms with Gasteiger partial charge in [-0.15, -0.1) is 0 Å². The van der Waals surface area contributed by atoms with Crippen LogP contribution in [0.4, 0.5) is 0 Å². The molecule has 0 saturated carbocycles. The molecule has 0 aliphatic heterocycles. The van der Waals surface area contributed by atoms with Crippen molar-refractivity contribution in [2.24, 2.45) is 0 Å². The lowest BCUT2D eigenvalue weighted by atomic mass is 10.2. The number of rotatable bonds is 3. The van der Waals surface area contributed by atoms with Crippen LogP contribution in [0.5, 0.6) is 17.2 Å². The van der Waals surface area contributed by atoms with Gasteiger partial charge < -0.3 is 14.6 Å². The third-order valence-corrected chi connectivity index (χ3v) is 1.73. The summed E-state index contributed by atoms with van der Waals surface area (Å²) in [6.45, 7) is 2.31. The van der Waals surface area contributed by atoms with Gasteiger partial charge in [-0.2, -0.15) is 0 Å². The van der Waals surface area contributed by atoms with Crippen molar-refractivity contribution in [3.8, 4) is 17.2 Å². The summed E-state index contributed by atoms with van der Waals surface area (Å²) in [6, 6.07) is 2.14. The Morgan fingerprint density at radius 3 is 2.00 bits per heavy atom. The van der Waals surface area contributed by atoms with Crippen molar-refractivity contribution < 1.29 is 29.0 Å². The highest BCUT2D eigenvalue weighted by Gasteiger charge is 2.14. The van der Waals surface area contributed by atoms with Gasteiger partial charge in [0.25, 0.3) is 0 Å². The van der Waals surface area contributed by atoms with Crippen LogP contribution in [-0.4, -0.2) is 23.3 Å². The summed E-state index contributed by atoms with van der Waals surface area (Å²) in [4.78, 5) is 32.2. The molecule has 0 heterocycles. The second kappa shape index (κ2) is 5.11. The lowest BCUT2D eigenvalue weighted by Crippen LogP contribution is -2.07. The number of phenolic OH excluding ortho intramolecular Hbond substituents is 1. The summed E-state index contributed by atoms with van der Waals surface area (Å²) in [5.41, 5.74) is -0.0721. The van der Waals surface area contributed by atoms with E-state index in [-0.39, 0.29) is 22.8 Å². The number of aldehydes is 1. The molecule has 17 heavy (non-hydrogen) atoms. The minimum absolute atomic E-state index is 0.0721. The first-order chi connectivity index (χ1) is 7.93. The van der Waals surface area contributed by atoms with Gasteiger partial charge in [-0.25, -0.2) is 0 Å². The van der Waals surface area contributed by atoms with Gasteiger partial charge in [0.1, 0.15) is 5.75 Å². The second-order valence-corrected chi connectivity index (χ2v) is 3.16. The van der Waals surface area contributed by atoms with Crippen molar-refractivity contribution in [3.63, 3.8) is 0 Å². The van der Waals surface area contributed by atoms with Crippen molar-refractivity contribution in [1.82, 2.24) is 0 Å². The summed E-state index contributed by atoms with van der Waals surface area (Å²) in [5, 5.41) is 9.40. The maximum absolute atomic E-state index is 10.8. The molecule has 0 aliphatic rings. The zero-order valence-electron chi connectivity index (χ0n) is 9.22. The SMILES string of the molecule is CC(=O)Oc1cc(O)c(C=O)cc1OC(C)=O. The summed E-state index contributed by atoms with van der Waals surface area (Å²) >= 11 is 0. The number of aromatic hydroxyl groups is 1. The Kier molecular flexibility index (Phi) is 3.82. The van der Waals surface area contributed by atoms with Gasteiger partial charge in [0.15, 0.2) is 17.8 Å². The third-order valence-electron chi connectivity index (χ3n) is 1.73. The van der Waals surface area contributed by atoms with Crippen molar-refractivity contribution in [2.75, 3.05) is 0 Å². The number of phenols is 1. The van der Waals surface area contributed by atoms with Crippen LogP contribution >= 0.6 is 0 Å². The normalized spacial score (nSPS) is 9.53. The Balaban J connectivity index is 3.24. The first kappa shape index (κ1) is 12.7. The molecule has 0 unspecified atom stereocenters. The fraction of sp³-hybridized carbons (Fsp3) is 0.182. The highest BCUT2D eigenvalue weighted by Crippen LogP contribution is 2.33. The zero-order chi connectivity index (χ0) is 13.0. The minimum Gasteiger partial charge on any atom is -0.507 e. The van der Waals surface area contributed by atoms with E-state index in [0.717, 1.165) is 26.0 Å². The molecular weight excluding hydrogens is 228 g/mol. The first-order valence-corrected chi connectivity index (χ1v) is 4.63. The number of esters is 2. The fourth-order valence-corrected chi connectivity index (χ4v) is 1.13. The predicted molar refractivity (Wildman–Crippen MR) is 56.1 cm³/mol. The molecule has 0 aliphatic carbocycles. The van der Waals surface area contributed by atoms with E-state index in [1.807, 2.05) is 0 Å². The smallest absolute Gasteiger partial charge is 0.308 e. The average Bonchev–Trinajstić information content (AvgIpc) is 2.20. The van der Waals surface area contributed by atoms with Gasteiger partial charge in [0.2, 0.25) is 0 Å². The molecule has 90 valence electrons. The summed E-state index contributed by atoms with van der Waals surface area (Å²) in [7, 11) is 0. The molecule has 6 heteroatoms. The highest BCUT2D eigenvalue weighted by atomic mass is 16.6. The molecule has 0 radical (unpaired) electrons. The van der Waals surface area contributed by atoms with Crippen LogP contribution in [0, 0.1) is 0 Å². The van der Waals surface area contributed by atoms with E-state index in [2.05, 4.69) is 0 Å². The van der Waals surface area contributed by atoms with Crippen molar-refractivity contribution >= 4 is 18.2 Å². The maximum Gasteiger partial charge on any atom is 0.308 e. The molecule has 0 bridgehead atoms. The lowest BCUT2D eigenvalue weighted by molar-refractivity contribution is -0.134. The number of carbonyl (C=O) groups excluding carboxylic acids is 3. The average molecular weight is 238 g/mol. The number of hydrogen-bond acceptors (Lipinski definition) is 6. The van der Waals surface area contributed by atoms with E-state index in [0.29, 0.717) is 6.29 Å². The van der Waals surface area contributed by atoms with Gasteiger partial charge in [0.05, 0.1) is 5.56 Å². The van der Waals surface area contributed by atoms with Crippen LogP contribution in [0.15, 0.2) is 12.1 Å². The fourth-order valence-electron chi connectivity index (χ4n) is 1.13. The van der Waals surface area contributed by atoms with Crippen LogP contribution in [0.1, 0.15) is 24.2 Å². The van der Waals surface area contributed by atoms with Crippen molar-refractivity contribution in [2.45, 2.75) is 13.8 Å². The van der Waals surface area contributed by atoms with Gasteiger partial charge in [-0.05, 0) is 6.07 Å². The number of benzene rings is 1. The zero-order valence-corrected chi connectivity index (χ0v) is 9.22. The second-order valence-electron chi connectivity index (χ2n) is 3.16. The van der Waals surface area contributed by atoms with Crippen LogP contribution in [0.3, 0.4) is 0 Å². The monoisotopic (exact) mass is 238 g/mol. The molecule has 1 aromatic carbocycles. The summed E-state index contributed by atoms with van der Waals surface area (Å²) in [5.74, 6) is -1.88. The maximum atomic E-state index is 10.8. The van der Waals surface area contributed by atoms with Crippen LogP contribution in [0.2, 0.25) is 0 Å². The standard InChI is InChI=1S/C11H10O6/c1-6(13)16-10-3-8(5-12)9(15)4-11(10)17-7(2)14/h3-5,15H,1-2H3. The molecule has 6 nitrogen and oxygen atoms in total. The Morgan fingerprint density at radius 1 is 1.12 bits per heavy atom. The van der Waals surface area contributed by atoms with E-state index in [1.165, 1.54) is 0 Å². The Labute approximate surface area is 96.8 Å². The molecule has 1 aromatic rings. The Bertz CT molecular complexity index is 477. The highest BCUT2D eigenvalue weighted by molar-refractivity contribution is 5.83. The van der Waals surface area contributed by atoms with Crippen LogP contribution in [0.25, 0.3) is 0 Å². The van der Waals surface area contributed by atoms with Crippen LogP contribution in [-0.2, 0) is 9.59 Å². The van der Waals surface area contributed by atoms with Crippen LogP contribution < -0.4 is 9.47 Å². The third kappa shape index (κ3) is 3.30.